The van der Waals surface area contributed by atoms with Gasteiger partial charge >= 0.3 is 4.96 Å². The van der Waals surface area contributed by atoms with Crippen molar-refractivity contribution in [2.45, 2.75) is 0 Å². The van der Waals surface area contributed by atoms with Crippen molar-refractivity contribution in [2.75, 3.05) is 0 Å². The summed E-state index contributed by atoms with van der Waals surface area (Å²) in [6.07, 6.45) is 0. The van der Waals surface area contributed by atoms with Crippen LogP contribution < -0.4 is 0 Å². The van der Waals surface area contributed by atoms with E-state index in [1.807, 2.05) is 0 Å². The fraction of sp³-hybridized carbons (Fsp3) is 0. The first-order valence-corrected chi connectivity index (χ1v) is 1.96. The van der Waals surface area contributed by atoms with E-state index >= 15 is 0 Å². The van der Waals surface area contributed by atoms with Crippen LogP contribution in [0, 0.1) is 0 Å². The summed E-state index contributed by atoms with van der Waals surface area (Å²) in [6, 6.07) is 0. The van der Waals surface area contributed by atoms with E-state index in [0.29, 0.717) is 0 Å². The first-order valence-electron chi connectivity index (χ1n) is 0.655. The Kier molecular flexibility index (Phi) is 11.3. The fourth-order valence-corrected chi connectivity index (χ4v) is 0. The molecule has 0 aromatic rings. The van der Waals surface area contributed by atoms with Crippen LogP contribution in [0.25, 0.3) is 0 Å². The van der Waals surface area contributed by atoms with Gasteiger partial charge in [0.25, 0.3) is 0 Å². The normalized spacial score (nSPS) is 5.40. The van der Waals surface area contributed by atoms with E-state index in [-0.39, 0.29) is 23.9 Å². The van der Waals surface area contributed by atoms with E-state index in [1.165, 1.54) is 0 Å². The van der Waals surface area contributed by atoms with Crippen molar-refractivity contribution < 1.29 is 0 Å². The van der Waals surface area contributed by atoms with Crippen LogP contribution in [0.2, 0.25) is 0 Å². The topological polar surface area (TPSA) is 0 Å². The van der Waals surface area contributed by atoms with Gasteiger partial charge in [0.05, 0.1) is 0 Å². The maximum atomic E-state index is 4.81. The molecule has 0 unspecified atom stereocenters. The van der Waals surface area contributed by atoms with Gasteiger partial charge in [0.15, 0.2) is 0 Å². The van der Waals surface area contributed by atoms with E-state index in [0.717, 1.165) is 0 Å². The van der Waals surface area contributed by atoms with Gasteiger partial charge in [-0.1, -0.05) is 0 Å². The van der Waals surface area contributed by atoms with Crippen molar-refractivity contribution in [3.8, 4) is 0 Å². The first kappa shape index (κ1) is 9.88. The molecule has 0 saturated carbocycles. The molecule has 0 aromatic carbocycles. The molecule has 0 nitrogen and oxygen atoms in total. The Morgan fingerprint density at radius 1 is 1.00 bits per heavy atom. The minimum Gasteiger partial charge on any atom is -0.150 e. The minimum absolute atomic E-state index is 0. The number of rotatable bonds is 0. The third kappa shape index (κ3) is 26.6. The van der Waals surface area contributed by atoms with Gasteiger partial charge < -0.3 is 0 Å². The predicted octanol–water partition coefficient (Wildman–Crippen LogP) is 1.31. The van der Waals surface area contributed by atoms with Crippen LogP contribution in [-0.2, 0) is 0 Å². The van der Waals surface area contributed by atoms with Crippen molar-refractivity contribution >= 4 is 63.2 Å². The third-order valence-corrected chi connectivity index (χ3v) is 0. The van der Waals surface area contributed by atoms with Gasteiger partial charge in [-0.05, 0) is 0 Å². The van der Waals surface area contributed by atoms with Crippen molar-refractivity contribution in [2.24, 2.45) is 0 Å². The molecule has 0 aliphatic heterocycles. The monoisotopic (exact) mass is 236 g/mol. The Morgan fingerprint density at radius 3 is 1.00 bits per heavy atom. The quantitative estimate of drug-likeness (QED) is 0.556. The summed E-state index contributed by atoms with van der Waals surface area (Å²) in [7, 11) is 0. The van der Waals surface area contributed by atoms with Crippen LogP contribution in [0.5, 0.6) is 0 Å². The summed E-state index contributed by atoms with van der Waals surface area (Å²) in [5, 5.41) is 0. The molecule has 5 heavy (non-hydrogen) atoms. The minimum atomic E-state index is -0.750. The van der Waals surface area contributed by atoms with Crippen LogP contribution in [0.3, 0.4) is 0 Å². The standard InChI is InChI=1S/BCl3.Sn/c2-1(3)4;. The zero-order chi connectivity index (χ0) is 3.58. The molecule has 0 saturated heterocycles. The molecule has 0 aliphatic rings. The molecule has 0 fully saturated rings. The molecule has 0 amide bonds. The largest absolute Gasteiger partial charge is 0.450 e. The van der Waals surface area contributed by atoms with Crippen molar-refractivity contribution in [3.05, 3.63) is 0 Å². The maximum absolute atomic E-state index is 4.81. The smallest absolute Gasteiger partial charge is 0.150 e. The van der Waals surface area contributed by atoms with Crippen molar-refractivity contribution in [1.82, 2.24) is 0 Å². The average molecular weight is 236 g/mol. The van der Waals surface area contributed by atoms with Gasteiger partial charge in [0.2, 0.25) is 0 Å². The summed E-state index contributed by atoms with van der Waals surface area (Å²) >= 11 is 14.4. The van der Waals surface area contributed by atoms with Gasteiger partial charge in [-0.3, -0.25) is 0 Å². The molecule has 0 bridgehead atoms. The van der Waals surface area contributed by atoms with Crippen LogP contribution >= 0.6 is 34.4 Å². The van der Waals surface area contributed by atoms with E-state index < -0.39 is 4.96 Å². The molecule has 0 N–H and O–H groups in total. The van der Waals surface area contributed by atoms with Gasteiger partial charge in [-0.2, -0.15) is 34.4 Å². The maximum Gasteiger partial charge on any atom is 0.450 e. The molecular formula is BCl3Sn. The number of halogens is 3. The average Bonchev–Trinajstić information content (AvgIpc) is 0.811. The van der Waals surface area contributed by atoms with Gasteiger partial charge in [0.1, 0.15) is 0 Å². The Hall–Kier alpha value is 1.73. The zero-order valence-electron chi connectivity index (χ0n) is 2.21. The third-order valence-electron chi connectivity index (χ3n) is 0. The second-order valence-electron chi connectivity index (χ2n) is 0.247. The summed E-state index contributed by atoms with van der Waals surface area (Å²) in [5.41, 5.74) is 0. The fourth-order valence-electron chi connectivity index (χ4n) is 0. The second kappa shape index (κ2) is 5.73. The van der Waals surface area contributed by atoms with E-state index in [9.17, 15) is 0 Å². The van der Waals surface area contributed by atoms with E-state index in [4.69, 9.17) is 34.4 Å². The van der Waals surface area contributed by atoms with Crippen molar-refractivity contribution in [3.63, 3.8) is 0 Å². The molecule has 0 heterocycles. The Balaban J connectivity index is 0. The molecule has 4 radical (unpaired) electrons. The first-order chi connectivity index (χ1) is 1.73. The van der Waals surface area contributed by atoms with Crippen LogP contribution in [0.15, 0.2) is 0 Å². The molecule has 0 rings (SSSR count). The molecular weight excluding hydrogens is 236 g/mol. The van der Waals surface area contributed by atoms with Crippen LogP contribution in [0.4, 0.5) is 0 Å². The van der Waals surface area contributed by atoms with Gasteiger partial charge in [0, 0.05) is 23.9 Å². The van der Waals surface area contributed by atoms with Crippen LogP contribution in [-0.4, -0.2) is 28.9 Å². The van der Waals surface area contributed by atoms with Gasteiger partial charge in [-0.25, -0.2) is 0 Å². The molecule has 0 aromatic heterocycles. The van der Waals surface area contributed by atoms with E-state index in [1.54, 1.807) is 0 Å². The van der Waals surface area contributed by atoms with E-state index in [2.05, 4.69) is 0 Å². The number of hydrogen-bond donors (Lipinski definition) is 0. The van der Waals surface area contributed by atoms with Crippen LogP contribution in [0.1, 0.15) is 0 Å². The molecule has 5 heteroatoms. The van der Waals surface area contributed by atoms with Crippen molar-refractivity contribution in [1.29, 1.82) is 0 Å². The Morgan fingerprint density at radius 2 is 1.00 bits per heavy atom. The SMILES string of the molecule is ClB(Cl)Cl.[Sn]. The molecule has 0 spiro atoms. The second-order valence-corrected chi connectivity index (χ2v) is 2.23. The summed E-state index contributed by atoms with van der Waals surface area (Å²) in [5.74, 6) is 0. The molecule has 28 valence electrons. The predicted molar refractivity (Wildman–Crippen MR) is 29.1 cm³/mol. The Bertz CT molecular complexity index is 11.6. The Labute approximate surface area is 62.9 Å². The number of hydrogen-bond acceptors (Lipinski definition) is 0. The zero-order valence-corrected chi connectivity index (χ0v) is 7.33. The summed E-state index contributed by atoms with van der Waals surface area (Å²) in [4.78, 5) is -0.750. The molecule has 0 aliphatic carbocycles. The van der Waals surface area contributed by atoms with Gasteiger partial charge in [-0.15, -0.1) is 0 Å². The summed E-state index contributed by atoms with van der Waals surface area (Å²) in [6.45, 7) is 0. The summed E-state index contributed by atoms with van der Waals surface area (Å²) < 4.78 is 0. The molecule has 0 atom stereocenters.